The van der Waals surface area contributed by atoms with Gasteiger partial charge in [-0.3, -0.25) is 43.2 Å². The van der Waals surface area contributed by atoms with E-state index in [1.165, 1.54) is 38.1 Å². The Hall–Kier alpha value is -6.64. The third-order valence-electron chi connectivity index (χ3n) is 11.9. The lowest BCUT2D eigenvalue weighted by atomic mass is 9.96. The summed E-state index contributed by atoms with van der Waals surface area (Å²) in [6.07, 6.45) is 6.48. The molecule has 1 heterocycles. The number of carbonyl (C=O) groups excluding carboxylic acids is 8. The fourth-order valence-electron chi connectivity index (χ4n) is 7.28. The summed E-state index contributed by atoms with van der Waals surface area (Å²) in [5, 5.41) is 39.7. The highest BCUT2D eigenvalue weighted by Crippen LogP contribution is 2.12. The maximum atomic E-state index is 14.1. The second-order valence-electron chi connectivity index (χ2n) is 18.0. The molecule has 0 aliphatic carbocycles. The number of aromatic nitrogens is 2. The van der Waals surface area contributed by atoms with E-state index in [9.17, 15) is 58.2 Å². The van der Waals surface area contributed by atoms with E-state index in [0.717, 1.165) is 0 Å². The normalized spacial score (nSPS) is 15.1. The van der Waals surface area contributed by atoms with Crippen molar-refractivity contribution in [2.75, 3.05) is 25.1 Å². The lowest BCUT2D eigenvalue weighted by Crippen LogP contribution is -2.61. The number of rotatable bonds is 36. The van der Waals surface area contributed by atoms with E-state index in [1.807, 2.05) is 6.92 Å². The van der Waals surface area contributed by atoms with Gasteiger partial charge in [0.2, 0.25) is 47.3 Å². The van der Waals surface area contributed by atoms with Crippen molar-refractivity contribution in [3.63, 3.8) is 0 Å². The molecule has 0 fully saturated rings. The predicted molar refractivity (Wildman–Crippen MR) is 275 cm³/mol. The van der Waals surface area contributed by atoms with Crippen LogP contribution in [0.1, 0.15) is 96.7 Å². The van der Waals surface area contributed by atoms with Crippen LogP contribution in [0.4, 0.5) is 0 Å². The summed E-state index contributed by atoms with van der Waals surface area (Å²) in [6.45, 7) is 6.91. The molecule has 10 unspecified atom stereocenters. The fourth-order valence-corrected chi connectivity index (χ4v) is 7.76. The van der Waals surface area contributed by atoms with Crippen molar-refractivity contribution in [2.45, 2.75) is 153 Å². The molecule has 26 heteroatoms. The van der Waals surface area contributed by atoms with Crippen LogP contribution in [0.25, 0.3) is 0 Å². The highest BCUT2D eigenvalue weighted by Gasteiger charge is 2.35. The number of hydrogen-bond donors (Lipinski definition) is 14. The Labute approximate surface area is 435 Å². The molecule has 25 nitrogen and oxygen atoms in total. The van der Waals surface area contributed by atoms with Gasteiger partial charge in [-0.2, -0.15) is 11.8 Å². The van der Waals surface area contributed by atoms with Gasteiger partial charge in [0.25, 0.3) is 0 Å². The van der Waals surface area contributed by atoms with E-state index >= 15 is 0 Å². The van der Waals surface area contributed by atoms with Crippen molar-refractivity contribution >= 4 is 71.0 Å². The first-order valence-corrected chi connectivity index (χ1v) is 26.1. The van der Waals surface area contributed by atoms with Crippen molar-refractivity contribution in [1.82, 2.24) is 52.5 Å². The largest absolute Gasteiger partial charge is 0.481 e. The smallest absolute Gasteiger partial charge is 0.326 e. The number of carboxylic acid groups (broad SMARTS) is 2. The number of benzene rings is 1. The van der Waals surface area contributed by atoms with Crippen molar-refractivity contribution in [1.29, 1.82) is 0 Å². The number of nitrogens with zero attached hydrogens (tertiary/aromatic N) is 1. The van der Waals surface area contributed by atoms with Crippen molar-refractivity contribution < 1.29 is 58.2 Å². The number of nitrogens with one attached hydrogen (secondary N) is 9. The quantitative estimate of drug-likeness (QED) is 0.0330. The number of imidazole rings is 1. The minimum absolute atomic E-state index is 0.0165. The van der Waals surface area contributed by atoms with E-state index in [2.05, 4.69) is 52.5 Å². The summed E-state index contributed by atoms with van der Waals surface area (Å²) in [5.74, 6) is -9.57. The zero-order valence-electron chi connectivity index (χ0n) is 42.8. The number of amides is 8. The number of nitrogens with two attached hydrogens (primary N) is 3. The second-order valence-corrected chi connectivity index (χ2v) is 19.0. The van der Waals surface area contributed by atoms with Crippen LogP contribution in [-0.4, -0.2) is 159 Å². The van der Waals surface area contributed by atoms with E-state index in [0.29, 0.717) is 68.6 Å². The predicted octanol–water partition coefficient (Wildman–Crippen LogP) is -1.94. The topological polar surface area (TPSA) is 414 Å². The van der Waals surface area contributed by atoms with Gasteiger partial charge in [0.15, 0.2) is 0 Å². The fraction of sp³-hybridized carbons (Fsp3) is 0.604. The van der Waals surface area contributed by atoms with Crippen molar-refractivity contribution in [3.8, 4) is 0 Å². The Kier molecular flexibility index (Phi) is 29.1. The molecule has 1 aromatic carbocycles. The Bertz CT molecular complexity index is 2140. The van der Waals surface area contributed by atoms with Crippen LogP contribution in [0.15, 0.2) is 42.9 Å². The maximum absolute atomic E-state index is 14.1. The molecule has 412 valence electrons. The Morgan fingerprint density at radius 3 is 1.66 bits per heavy atom. The number of aromatic amines is 1. The molecule has 1 aromatic heterocycles. The van der Waals surface area contributed by atoms with Crippen molar-refractivity contribution in [3.05, 3.63) is 54.1 Å². The lowest BCUT2D eigenvalue weighted by molar-refractivity contribution is -0.142. The number of H-pyrrole nitrogens is 1. The summed E-state index contributed by atoms with van der Waals surface area (Å²) < 4.78 is 0. The summed E-state index contributed by atoms with van der Waals surface area (Å²) >= 11 is 1.32. The number of hydrogen-bond acceptors (Lipinski definition) is 15. The number of carboxylic acids is 2. The Balaban J connectivity index is 2.30. The van der Waals surface area contributed by atoms with Gasteiger partial charge in [-0.15, -0.1) is 0 Å². The molecule has 0 spiro atoms. The van der Waals surface area contributed by atoms with Gasteiger partial charge in [-0.1, -0.05) is 57.0 Å². The molecule has 74 heavy (non-hydrogen) atoms. The molecule has 8 amide bonds. The highest BCUT2D eigenvalue weighted by molar-refractivity contribution is 7.98. The molecular formula is C48H77N13O12S. The maximum Gasteiger partial charge on any atom is 0.326 e. The summed E-state index contributed by atoms with van der Waals surface area (Å²) in [5.41, 5.74) is 18.2. The van der Waals surface area contributed by atoms with Gasteiger partial charge < -0.3 is 74.9 Å². The molecule has 0 aliphatic heterocycles. The number of carbonyl (C=O) groups is 10. The molecule has 2 rings (SSSR count). The molecule has 2 aromatic rings. The van der Waals surface area contributed by atoms with Crippen LogP contribution in [0.3, 0.4) is 0 Å². The first kappa shape index (κ1) is 63.5. The number of aliphatic carboxylic acids is 2. The van der Waals surface area contributed by atoms with E-state index in [4.69, 9.17) is 17.2 Å². The van der Waals surface area contributed by atoms with Crippen LogP contribution in [0.5, 0.6) is 0 Å². The number of thioether (sulfide) groups is 1. The SMILES string of the molecule is CCC(C)C(NC(=O)C(N)CCCCN)C(=O)NC(Cc1cnc[nH]1)C(=O)NC(CCSC)C(=O)NC(CC(=O)O)C(=O)NC(C)C(=O)NC(Cc1ccccc1)C(=O)NC(C)C(=O)NC(CCCCN)C(=O)O. The number of unbranched alkanes of at least 4 members (excludes halogenated alkanes) is 2. The standard InChI is InChI=1S/C48H77N13O12S/c1-6-27(2)39(61-42(66)32(51)16-10-12-19-49)47(71)60-36(23-31-25-52-26-53-31)46(70)56-33(18-21-74-5)43(67)59-37(24-38(62)63)45(69)55-29(4)41(65)58-35(22-30-14-8-7-9-15-30)44(68)54-28(3)40(64)57-34(48(72)73)17-11-13-20-50/h7-9,14-15,25-29,32-37,39H,6,10-13,16-24,49-51H2,1-5H3,(H,52,53)(H,54,68)(H,55,69)(H,56,70)(H,57,64)(H,58,65)(H,59,67)(H,60,71)(H,61,66)(H,62,63)(H,72,73). The van der Waals surface area contributed by atoms with Gasteiger partial charge in [-0.05, 0) is 89.0 Å². The first-order valence-electron chi connectivity index (χ1n) is 24.7. The molecule has 0 saturated heterocycles. The van der Waals surface area contributed by atoms with Crippen LogP contribution >= 0.6 is 11.8 Å². The molecule has 0 saturated carbocycles. The molecule has 0 aliphatic rings. The zero-order valence-corrected chi connectivity index (χ0v) is 43.6. The average Bonchev–Trinajstić information content (AvgIpc) is 3.88. The van der Waals surface area contributed by atoms with Crippen molar-refractivity contribution in [2.24, 2.45) is 23.1 Å². The molecule has 17 N–H and O–H groups in total. The molecule has 10 atom stereocenters. The summed E-state index contributed by atoms with van der Waals surface area (Å²) in [7, 11) is 0. The lowest BCUT2D eigenvalue weighted by Gasteiger charge is -2.28. The van der Waals surface area contributed by atoms with Crippen LogP contribution < -0.4 is 59.7 Å². The van der Waals surface area contributed by atoms with Gasteiger partial charge in [0, 0.05) is 24.7 Å². The first-order chi connectivity index (χ1) is 35.1. The Morgan fingerprint density at radius 1 is 0.608 bits per heavy atom. The van der Waals surface area contributed by atoms with Crippen LogP contribution in [0, 0.1) is 5.92 Å². The third kappa shape index (κ3) is 23.1. The Morgan fingerprint density at radius 2 is 1.12 bits per heavy atom. The van der Waals surface area contributed by atoms with Gasteiger partial charge in [0.1, 0.15) is 48.3 Å². The van der Waals surface area contributed by atoms with E-state index in [-0.39, 0.29) is 25.7 Å². The minimum Gasteiger partial charge on any atom is -0.481 e. The van der Waals surface area contributed by atoms with Crippen LogP contribution in [-0.2, 0) is 60.8 Å². The third-order valence-corrected chi connectivity index (χ3v) is 12.6. The molecular weight excluding hydrogens is 983 g/mol. The molecule has 0 radical (unpaired) electrons. The van der Waals surface area contributed by atoms with Crippen LogP contribution in [0.2, 0.25) is 0 Å². The summed E-state index contributed by atoms with van der Waals surface area (Å²) in [4.78, 5) is 140. The van der Waals surface area contributed by atoms with Gasteiger partial charge in [-0.25, -0.2) is 9.78 Å². The zero-order chi connectivity index (χ0) is 55.3. The van der Waals surface area contributed by atoms with E-state index < -0.39 is 126 Å². The average molecular weight is 1060 g/mol. The second kappa shape index (κ2) is 34.0. The highest BCUT2D eigenvalue weighted by atomic mass is 32.2. The van der Waals surface area contributed by atoms with E-state index in [1.54, 1.807) is 43.5 Å². The molecule has 0 bridgehead atoms. The summed E-state index contributed by atoms with van der Waals surface area (Å²) in [6, 6.07) is -3.31. The minimum atomic E-state index is -1.79. The van der Waals surface area contributed by atoms with Gasteiger partial charge >= 0.3 is 11.9 Å². The van der Waals surface area contributed by atoms with Gasteiger partial charge in [0.05, 0.1) is 18.8 Å². The monoisotopic (exact) mass is 1060 g/mol.